The highest BCUT2D eigenvalue weighted by Gasteiger charge is 2.17. The molecule has 0 radical (unpaired) electrons. The molecule has 0 aliphatic heterocycles. The second-order valence-corrected chi connectivity index (χ2v) is 4.14. The second-order valence-electron chi connectivity index (χ2n) is 3.73. The zero-order valence-electron chi connectivity index (χ0n) is 10.2. The fourth-order valence-electron chi connectivity index (χ4n) is 1.39. The van der Waals surface area contributed by atoms with E-state index in [1.54, 1.807) is 6.92 Å². The third-order valence-electron chi connectivity index (χ3n) is 2.27. The number of ether oxygens (including phenoxy) is 1. The second kappa shape index (κ2) is 5.66. The molecule has 104 valence electrons. The predicted molar refractivity (Wildman–Crippen MR) is 66.3 cm³/mol. The van der Waals surface area contributed by atoms with E-state index in [1.807, 2.05) is 0 Å². The van der Waals surface area contributed by atoms with Crippen LogP contribution in [-0.4, -0.2) is 21.0 Å². The fraction of sp³-hybridized carbons (Fsp3) is 0.182. The van der Waals surface area contributed by atoms with E-state index in [2.05, 4.69) is 10.1 Å². The average molecular weight is 298 g/mol. The van der Waals surface area contributed by atoms with E-state index in [4.69, 9.17) is 20.9 Å². The van der Waals surface area contributed by atoms with Crippen LogP contribution in [0.4, 0.5) is 5.69 Å². The van der Waals surface area contributed by atoms with Crippen molar-refractivity contribution in [2.24, 2.45) is 0 Å². The van der Waals surface area contributed by atoms with E-state index < -0.39 is 10.9 Å². The molecular weight excluding hydrogens is 290 g/mol. The number of carbonyl (C=O) groups is 1. The Bertz CT molecular complexity index is 670. The normalized spacial score (nSPS) is 10.3. The van der Waals surface area contributed by atoms with Crippen LogP contribution in [0.15, 0.2) is 22.7 Å². The number of rotatable bonds is 4. The molecule has 2 aromatic rings. The molecule has 0 aliphatic carbocycles. The number of benzene rings is 1. The third-order valence-corrected chi connectivity index (χ3v) is 2.59. The lowest BCUT2D eigenvalue weighted by Gasteiger charge is -2.02. The summed E-state index contributed by atoms with van der Waals surface area (Å²) in [6, 6.07) is 3.63. The van der Waals surface area contributed by atoms with Crippen LogP contribution in [-0.2, 0) is 11.3 Å². The van der Waals surface area contributed by atoms with Gasteiger partial charge in [0.15, 0.2) is 12.4 Å². The van der Waals surface area contributed by atoms with Crippen molar-refractivity contribution in [2.75, 3.05) is 0 Å². The summed E-state index contributed by atoms with van der Waals surface area (Å²) in [5.74, 6) is -0.196. The summed E-state index contributed by atoms with van der Waals surface area (Å²) in [5.41, 5.74) is -0.355. The Morgan fingerprint density at radius 2 is 2.30 bits per heavy atom. The van der Waals surface area contributed by atoms with Gasteiger partial charge in [-0.1, -0.05) is 16.8 Å². The minimum Gasteiger partial charge on any atom is -0.452 e. The smallest absolute Gasteiger partial charge is 0.338 e. The summed E-state index contributed by atoms with van der Waals surface area (Å²) in [4.78, 5) is 25.6. The lowest BCUT2D eigenvalue weighted by molar-refractivity contribution is -0.384. The van der Waals surface area contributed by atoms with Crippen molar-refractivity contribution in [2.45, 2.75) is 13.5 Å². The molecular formula is C11H8ClN3O5. The first kappa shape index (κ1) is 13.9. The molecule has 1 aromatic carbocycles. The van der Waals surface area contributed by atoms with E-state index in [9.17, 15) is 14.9 Å². The summed E-state index contributed by atoms with van der Waals surface area (Å²) in [6.07, 6.45) is 0. The van der Waals surface area contributed by atoms with Gasteiger partial charge in [-0.05, 0) is 19.1 Å². The molecule has 0 aliphatic rings. The number of halogens is 1. The number of hydrogen-bond acceptors (Lipinski definition) is 7. The number of esters is 1. The van der Waals surface area contributed by atoms with Crippen LogP contribution in [0, 0.1) is 17.0 Å². The van der Waals surface area contributed by atoms with Gasteiger partial charge >= 0.3 is 5.97 Å². The molecule has 1 aromatic heterocycles. The lowest BCUT2D eigenvalue weighted by Crippen LogP contribution is -2.06. The van der Waals surface area contributed by atoms with Crippen molar-refractivity contribution in [1.29, 1.82) is 0 Å². The van der Waals surface area contributed by atoms with Gasteiger partial charge in [-0.15, -0.1) is 0 Å². The molecule has 0 N–H and O–H groups in total. The average Bonchev–Trinajstić information content (AvgIpc) is 2.82. The molecule has 20 heavy (non-hydrogen) atoms. The van der Waals surface area contributed by atoms with E-state index in [0.717, 1.165) is 6.07 Å². The van der Waals surface area contributed by atoms with E-state index >= 15 is 0 Å². The summed E-state index contributed by atoms with van der Waals surface area (Å²) in [7, 11) is 0. The molecule has 0 bridgehead atoms. The maximum atomic E-state index is 11.7. The first-order valence-corrected chi connectivity index (χ1v) is 5.75. The van der Waals surface area contributed by atoms with Gasteiger partial charge in [-0.3, -0.25) is 10.1 Å². The standard InChI is InChI=1S/C11H8ClN3O5/c1-6-13-10(20-14-6)5-19-11(16)7-2-3-8(12)9(4-7)15(17)18/h2-4H,5H2,1H3. The zero-order valence-corrected chi connectivity index (χ0v) is 11.0. The van der Waals surface area contributed by atoms with Crippen molar-refractivity contribution >= 4 is 23.3 Å². The summed E-state index contributed by atoms with van der Waals surface area (Å²) >= 11 is 5.64. The van der Waals surface area contributed by atoms with Gasteiger partial charge < -0.3 is 9.26 Å². The van der Waals surface area contributed by atoms with Crippen LogP contribution < -0.4 is 0 Å². The van der Waals surface area contributed by atoms with Crippen molar-refractivity contribution in [3.8, 4) is 0 Å². The maximum absolute atomic E-state index is 11.7. The summed E-state index contributed by atoms with van der Waals surface area (Å²) in [5, 5.41) is 14.2. The van der Waals surface area contributed by atoms with Gasteiger partial charge in [0.05, 0.1) is 10.5 Å². The molecule has 0 saturated heterocycles. The number of carbonyl (C=O) groups excluding carboxylic acids is 1. The first-order chi connectivity index (χ1) is 9.47. The van der Waals surface area contributed by atoms with Crippen LogP contribution in [0.5, 0.6) is 0 Å². The minimum absolute atomic E-state index is 0.0114. The van der Waals surface area contributed by atoms with Gasteiger partial charge in [0.1, 0.15) is 5.02 Å². The molecule has 0 spiro atoms. The van der Waals surface area contributed by atoms with Gasteiger partial charge in [0, 0.05) is 6.07 Å². The molecule has 0 amide bonds. The van der Waals surface area contributed by atoms with Crippen LogP contribution in [0.1, 0.15) is 22.1 Å². The van der Waals surface area contributed by atoms with Gasteiger partial charge in [-0.2, -0.15) is 4.98 Å². The quantitative estimate of drug-likeness (QED) is 0.484. The Kier molecular flexibility index (Phi) is 3.94. The van der Waals surface area contributed by atoms with Gasteiger partial charge in [-0.25, -0.2) is 4.79 Å². The van der Waals surface area contributed by atoms with Crippen LogP contribution in [0.2, 0.25) is 5.02 Å². The number of nitro groups is 1. The minimum atomic E-state index is -0.749. The Labute approximate surface area is 117 Å². The maximum Gasteiger partial charge on any atom is 0.338 e. The number of nitrogens with zero attached hydrogens (tertiary/aromatic N) is 3. The highest BCUT2D eigenvalue weighted by molar-refractivity contribution is 6.32. The van der Waals surface area contributed by atoms with Crippen LogP contribution in [0.3, 0.4) is 0 Å². The number of hydrogen-bond donors (Lipinski definition) is 0. The molecule has 9 heteroatoms. The molecule has 0 fully saturated rings. The van der Waals surface area contributed by atoms with Crippen molar-refractivity contribution < 1.29 is 19.0 Å². The fourth-order valence-corrected chi connectivity index (χ4v) is 1.58. The zero-order chi connectivity index (χ0) is 14.7. The molecule has 0 atom stereocenters. The third kappa shape index (κ3) is 3.09. The Morgan fingerprint density at radius 3 is 2.90 bits per heavy atom. The van der Waals surface area contributed by atoms with E-state index in [0.29, 0.717) is 5.82 Å². The van der Waals surface area contributed by atoms with Crippen LogP contribution >= 0.6 is 11.6 Å². The number of nitro benzene ring substituents is 1. The highest BCUT2D eigenvalue weighted by Crippen LogP contribution is 2.25. The SMILES string of the molecule is Cc1noc(COC(=O)c2ccc(Cl)c([N+](=O)[O-])c2)n1. The van der Waals surface area contributed by atoms with Crippen molar-refractivity contribution in [3.05, 3.63) is 50.6 Å². The van der Waals surface area contributed by atoms with Crippen molar-refractivity contribution in [3.63, 3.8) is 0 Å². The first-order valence-electron chi connectivity index (χ1n) is 5.37. The Balaban J connectivity index is 2.09. The number of aromatic nitrogens is 2. The predicted octanol–water partition coefficient (Wildman–Crippen LogP) is 2.30. The molecule has 1 heterocycles. The molecule has 2 rings (SSSR count). The highest BCUT2D eigenvalue weighted by atomic mass is 35.5. The monoisotopic (exact) mass is 297 g/mol. The van der Waals surface area contributed by atoms with Gasteiger partial charge in [0.25, 0.3) is 11.6 Å². The topological polar surface area (TPSA) is 108 Å². The Morgan fingerprint density at radius 1 is 1.55 bits per heavy atom. The number of aryl methyl sites for hydroxylation is 1. The van der Waals surface area contributed by atoms with E-state index in [-0.39, 0.29) is 28.8 Å². The van der Waals surface area contributed by atoms with Gasteiger partial charge in [0.2, 0.25) is 0 Å². The Hall–Kier alpha value is -2.48. The molecule has 0 saturated carbocycles. The lowest BCUT2D eigenvalue weighted by atomic mass is 10.2. The van der Waals surface area contributed by atoms with Crippen molar-refractivity contribution in [1.82, 2.24) is 10.1 Å². The van der Waals surface area contributed by atoms with E-state index in [1.165, 1.54) is 12.1 Å². The largest absolute Gasteiger partial charge is 0.452 e. The van der Waals surface area contributed by atoms with Crippen LogP contribution in [0.25, 0.3) is 0 Å². The summed E-state index contributed by atoms with van der Waals surface area (Å²) in [6.45, 7) is 1.41. The molecule has 8 nitrogen and oxygen atoms in total. The molecule has 0 unspecified atom stereocenters. The summed E-state index contributed by atoms with van der Waals surface area (Å²) < 4.78 is 9.67.